The number of hydrogen-bond donors (Lipinski definition) is 1. The molecule has 0 aromatic heterocycles. The molecule has 0 aromatic carbocycles. The van der Waals surface area contributed by atoms with Gasteiger partial charge >= 0.3 is 5.97 Å². The highest BCUT2D eigenvalue weighted by atomic mass is 16.5. The Kier molecular flexibility index (Phi) is 4.58. The third-order valence-electron chi connectivity index (χ3n) is 3.28. The maximum Gasteiger partial charge on any atom is 0.326 e. The third-order valence-corrected chi connectivity index (χ3v) is 3.28. The first-order valence-corrected chi connectivity index (χ1v) is 6.02. The fraction of sp³-hybridized carbons (Fsp3) is 0.917. The molecule has 0 aliphatic heterocycles. The first-order valence-electron chi connectivity index (χ1n) is 6.02. The highest BCUT2D eigenvalue weighted by Gasteiger charge is 2.37. The lowest BCUT2D eigenvalue weighted by Crippen LogP contribution is -2.52. The minimum Gasteiger partial charge on any atom is -0.468 e. The standard InChI is InChI=1S/C12H23NO2/c1-4-8-12(5-2,11(14)15-3)13-9-10-6-7-10/h10,13H,4-9H2,1-3H3. The Balaban J connectivity index is 2.57. The van der Waals surface area contributed by atoms with Crippen molar-refractivity contribution in [1.82, 2.24) is 5.32 Å². The van der Waals surface area contributed by atoms with E-state index in [1.807, 2.05) is 6.92 Å². The van der Waals surface area contributed by atoms with Gasteiger partial charge in [0, 0.05) is 0 Å². The summed E-state index contributed by atoms with van der Waals surface area (Å²) in [6.45, 7) is 5.11. The molecule has 0 spiro atoms. The Morgan fingerprint density at radius 1 is 1.47 bits per heavy atom. The van der Waals surface area contributed by atoms with Crippen LogP contribution in [0.5, 0.6) is 0 Å². The highest BCUT2D eigenvalue weighted by molar-refractivity contribution is 5.80. The van der Waals surface area contributed by atoms with Gasteiger partial charge in [0.15, 0.2) is 0 Å². The van der Waals surface area contributed by atoms with Gasteiger partial charge in [-0.25, -0.2) is 0 Å². The summed E-state index contributed by atoms with van der Waals surface area (Å²) in [7, 11) is 1.47. The van der Waals surface area contributed by atoms with Crippen molar-refractivity contribution in [1.29, 1.82) is 0 Å². The van der Waals surface area contributed by atoms with Crippen molar-refractivity contribution < 1.29 is 9.53 Å². The normalized spacial score (nSPS) is 19.7. The van der Waals surface area contributed by atoms with Crippen molar-refractivity contribution in [2.45, 2.75) is 51.5 Å². The van der Waals surface area contributed by atoms with Gasteiger partial charge in [0.25, 0.3) is 0 Å². The van der Waals surface area contributed by atoms with Crippen LogP contribution in [-0.2, 0) is 9.53 Å². The van der Waals surface area contributed by atoms with Crippen LogP contribution in [0.15, 0.2) is 0 Å². The Morgan fingerprint density at radius 2 is 2.13 bits per heavy atom. The molecule has 1 saturated carbocycles. The number of carbonyl (C=O) groups excluding carboxylic acids is 1. The van der Waals surface area contributed by atoms with Crippen molar-refractivity contribution in [3.63, 3.8) is 0 Å². The lowest BCUT2D eigenvalue weighted by Gasteiger charge is -2.30. The number of methoxy groups -OCH3 is 1. The van der Waals surface area contributed by atoms with E-state index < -0.39 is 5.54 Å². The van der Waals surface area contributed by atoms with Crippen molar-refractivity contribution in [3.8, 4) is 0 Å². The molecular formula is C12H23NO2. The molecule has 15 heavy (non-hydrogen) atoms. The van der Waals surface area contributed by atoms with E-state index in [1.54, 1.807) is 0 Å². The first kappa shape index (κ1) is 12.5. The van der Waals surface area contributed by atoms with Gasteiger partial charge in [0.1, 0.15) is 5.54 Å². The van der Waals surface area contributed by atoms with Gasteiger partial charge in [-0.05, 0) is 38.1 Å². The molecule has 3 nitrogen and oxygen atoms in total. The number of rotatable bonds is 7. The van der Waals surface area contributed by atoms with E-state index in [4.69, 9.17) is 4.74 Å². The second kappa shape index (κ2) is 5.50. The maximum absolute atomic E-state index is 11.8. The molecular weight excluding hydrogens is 190 g/mol. The molecule has 0 saturated heterocycles. The lowest BCUT2D eigenvalue weighted by atomic mass is 9.90. The Bertz CT molecular complexity index is 214. The molecule has 0 aromatic rings. The molecule has 1 unspecified atom stereocenters. The largest absolute Gasteiger partial charge is 0.468 e. The van der Waals surface area contributed by atoms with E-state index in [9.17, 15) is 4.79 Å². The van der Waals surface area contributed by atoms with Crippen LogP contribution in [0.3, 0.4) is 0 Å². The average Bonchev–Trinajstić information content (AvgIpc) is 3.07. The van der Waals surface area contributed by atoms with Gasteiger partial charge in [-0.2, -0.15) is 0 Å². The van der Waals surface area contributed by atoms with Crippen LogP contribution in [-0.4, -0.2) is 25.2 Å². The predicted octanol–water partition coefficient (Wildman–Crippen LogP) is 2.11. The second-order valence-electron chi connectivity index (χ2n) is 4.50. The van der Waals surface area contributed by atoms with Crippen LogP contribution in [0.2, 0.25) is 0 Å². The number of hydrogen-bond acceptors (Lipinski definition) is 3. The Morgan fingerprint density at radius 3 is 2.53 bits per heavy atom. The molecule has 1 N–H and O–H groups in total. The second-order valence-corrected chi connectivity index (χ2v) is 4.50. The highest BCUT2D eigenvalue weighted by Crippen LogP contribution is 2.29. The lowest BCUT2D eigenvalue weighted by molar-refractivity contribution is -0.149. The zero-order valence-electron chi connectivity index (χ0n) is 10.1. The van der Waals surface area contributed by atoms with Crippen molar-refractivity contribution in [2.75, 3.05) is 13.7 Å². The van der Waals surface area contributed by atoms with Crippen LogP contribution >= 0.6 is 0 Å². The molecule has 1 atom stereocenters. The number of nitrogens with one attached hydrogen (secondary N) is 1. The van der Waals surface area contributed by atoms with Crippen LogP contribution in [0.1, 0.15) is 46.0 Å². The topological polar surface area (TPSA) is 38.3 Å². The monoisotopic (exact) mass is 213 g/mol. The molecule has 1 aliphatic carbocycles. The summed E-state index contributed by atoms with van der Waals surface area (Å²) in [5.74, 6) is 0.685. The van der Waals surface area contributed by atoms with Crippen molar-refractivity contribution in [3.05, 3.63) is 0 Å². The van der Waals surface area contributed by atoms with Crippen molar-refractivity contribution >= 4 is 5.97 Å². The van der Waals surface area contributed by atoms with Gasteiger partial charge in [0.2, 0.25) is 0 Å². The molecule has 3 heteroatoms. The van der Waals surface area contributed by atoms with E-state index in [0.29, 0.717) is 0 Å². The summed E-state index contributed by atoms with van der Waals surface area (Å²) < 4.78 is 4.91. The summed E-state index contributed by atoms with van der Waals surface area (Å²) in [5, 5.41) is 3.42. The minimum absolute atomic E-state index is 0.104. The summed E-state index contributed by atoms with van der Waals surface area (Å²) in [4.78, 5) is 11.8. The zero-order valence-corrected chi connectivity index (χ0v) is 10.1. The quantitative estimate of drug-likeness (QED) is 0.658. The van der Waals surface area contributed by atoms with Gasteiger partial charge in [0.05, 0.1) is 7.11 Å². The molecule has 1 fully saturated rings. The summed E-state index contributed by atoms with van der Waals surface area (Å²) >= 11 is 0. The molecule has 1 aliphatic rings. The van der Waals surface area contributed by atoms with Gasteiger partial charge in [-0.1, -0.05) is 20.3 Å². The van der Waals surface area contributed by atoms with Crippen LogP contribution < -0.4 is 5.32 Å². The Hall–Kier alpha value is -0.570. The smallest absolute Gasteiger partial charge is 0.326 e. The van der Waals surface area contributed by atoms with E-state index >= 15 is 0 Å². The predicted molar refractivity (Wildman–Crippen MR) is 60.7 cm³/mol. The maximum atomic E-state index is 11.8. The number of carbonyl (C=O) groups is 1. The summed E-state index contributed by atoms with van der Waals surface area (Å²) in [6, 6.07) is 0. The fourth-order valence-corrected chi connectivity index (χ4v) is 1.99. The van der Waals surface area contributed by atoms with Crippen LogP contribution in [0.4, 0.5) is 0 Å². The summed E-state index contributed by atoms with van der Waals surface area (Å²) in [6.07, 6.45) is 5.28. The molecule has 1 rings (SSSR count). The SMILES string of the molecule is CCCC(CC)(NCC1CC1)C(=O)OC. The number of ether oxygens (including phenoxy) is 1. The van der Waals surface area contributed by atoms with E-state index in [1.165, 1.54) is 20.0 Å². The van der Waals surface area contributed by atoms with Gasteiger partial charge < -0.3 is 10.1 Å². The van der Waals surface area contributed by atoms with E-state index in [2.05, 4.69) is 12.2 Å². The number of esters is 1. The average molecular weight is 213 g/mol. The molecule has 0 amide bonds. The first-order chi connectivity index (χ1) is 7.18. The van der Waals surface area contributed by atoms with Gasteiger partial charge in [-0.3, -0.25) is 4.79 Å². The Labute approximate surface area is 92.6 Å². The molecule has 88 valence electrons. The minimum atomic E-state index is -0.438. The van der Waals surface area contributed by atoms with E-state index in [-0.39, 0.29) is 5.97 Å². The van der Waals surface area contributed by atoms with Crippen LogP contribution in [0, 0.1) is 5.92 Å². The molecule has 0 bridgehead atoms. The van der Waals surface area contributed by atoms with Gasteiger partial charge in [-0.15, -0.1) is 0 Å². The van der Waals surface area contributed by atoms with E-state index in [0.717, 1.165) is 31.7 Å². The third kappa shape index (κ3) is 3.20. The zero-order chi connectivity index (χ0) is 11.3. The van der Waals surface area contributed by atoms with Crippen LogP contribution in [0.25, 0.3) is 0 Å². The molecule has 0 heterocycles. The fourth-order valence-electron chi connectivity index (χ4n) is 1.99. The van der Waals surface area contributed by atoms with Crippen molar-refractivity contribution in [2.24, 2.45) is 5.92 Å². The molecule has 0 radical (unpaired) electrons. The summed E-state index contributed by atoms with van der Waals surface area (Å²) in [5.41, 5.74) is -0.438.